The molecule has 3 heterocycles. The van der Waals surface area contributed by atoms with E-state index in [0.29, 0.717) is 5.89 Å². The van der Waals surface area contributed by atoms with Crippen LogP contribution in [-0.4, -0.2) is 32.5 Å². The summed E-state index contributed by atoms with van der Waals surface area (Å²) in [6.45, 7) is 8.25. The van der Waals surface area contributed by atoms with Crippen LogP contribution in [0, 0.1) is 0 Å². The van der Waals surface area contributed by atoms with Crippen molar-refractivity contribution >= 4 is 17.2 Å². The van der Waals surface area contributed by atoms with Gasteiger partial charge < -0.3 is 10.3 Å². The number of nitrogens with zero attached hydrogens (tertiary/aromatic N) is 4. The summed E-state index contributed by atoms with van der Waals surface area (Å²) in [6.07, 6.45) is 3.94. The second-order valence-electron chi connectivity index (χ2n) is 6.83. The molecule has 2 aromatic rings. The quantitative estimate of drug-likeness (QED) is 0.920. The van der Waals surface area contributed by atoms with Crippen LogP contribution in [0.3, 0.4) is 0 Å². The lowest BCUT2D eigenvalue weighted by atomic mass is 9.98. The zero-order chi connectivity index (χ0) is 16.6. The number of primary amides is 1. The Balaban J connectivity index is 1.74. The molecule has 0 aliphatic carbocycles. The highest BCUT2D eigenvalue weighted by atomic mass is 32.1. The summed E-state index contributed by atoms with van der Waals surface area (Å²) in [4.78, 5) is 23.3. The van der Waals surface area contributed by atoms with Crippen molar-refractivity contribution in [2.75, 3.05) is 6.54 Å². The molecule has 124 valence electrons. The minimum absolute atomic E-state index is 0.0378. The van der Waals surface area contributed by atoms with Gasteiger partial charge in [-0.1, -0.05) is 25.9 Å². The lowest BCUT2D eigenvalue weighted by molar-refractivity contribution is 0.0987. The van der Waals surface area contributed by atoms with Gasteiger partial charge in [-0.15, -0.1) is 11.3 Å². The number of nitrogens with two attached hydrogens (primary N) is 1. The van der Waals surface area contributed by atoms with E-state index in [1.54, 1.807) is 11.3 Å². The molecule has 7 nitrogen and oxygen atoms in total. The predicted octanol–water partition coefficient (Wildman–Crippen LogP) is 2.26. The summed E-state index contributed by atoms with van der Waals surface area (Å²) < 4.78 is 5.22. The third-order valence-electron chi connectivity index (χ3n) is 3.86. The lowest BCUT2D eigenvalue weighted by Gasteiger charge is -2.20. The molecule has 0 saturated carbocycles. The van der Waals surface area contributed by atoms with Crippen molar-refractivity contribution in [2.45, 2.75) is 51.6 Å². The van der Waals surface area contributed by atoms with E-state index in [1.165, 1.54) is 4.88 Å². The first-order valence-electron chi connectivity index (χ1n) is 7.67. The first-order chi connectivity index (χ1) is 10.8. The number of hydrogen-bond acceptors (Lipinski definition) is 7. The van der Waals surface area contributed by atoms with Crippen molar-refractivity contribution in [2.24, 2.45) is 5.73 Å². The highest BCUT2D eigenvalue weighted by Crippen LogP contribution is 2.34. The fourth-order valence-electron chi connectivity index (χ4n) is 2.69. The Morgan fingerprint density at radius 1 is 1.52 bits per heavy atom. The Labute approximate surface area is 138 Å². The molecule has 2 N–H and O–H groups in total. The molecule has 3 rings (SSSR count). The van der Waals surface area contributed by atoms with E-state index >= 15 is 0 Å². The van der Waals surface area contributed by atoms with E-state index in [-0.39, 0.29) is 17.3 Å². The number of hydrogen-bond donors (Lipinski definition) is 1. The van der Waals surface area contributed by atoms with Gasteiger partial charge in [0.1, 0.15) is 0 Å². The Morgan fingerprint density at radius 2 is 2.30 bits per heavy atom. The molecule has 1 amide bonds. The predicted molar refractivity (Wildman–Crippen MR) is 86.0 cm³/mol. The highest BCUT2D eigenvalue weighted by Gasteiger charge is 2.32. The van der Waals surface area contributed by atoms with Crippen LogP contribution < -0.4 is 5.73 Å². The summed E-state index contributed by atoms with van der Waals surface area (Å²) in [5.41, 5.74) is 5.25. The van der Waals surface area contributed by atoms with Crippen LogP contribution >= 0.6 is 11.3 Å². The zero-order valence-corrected chi connectivity index (χ0v) is 14.4. The van der Waals surface area contributed by atoms with Crippen LogP contribution in [0.1, 0.15) is 66.0 Å². The molecule has 0 unspecified atom stereocenters. The largest absolute Gasteiger partial charge is 0.363 e. The molecule has 0 spiro atoms. The van der Waals surface area contributed by atoms with Crippen LogP contribution in [0.25, 0.3) is 0 Å². The number of aromatic nitrogens is 3. The van der Waals surface area contributed by atoms with E-state index < -0.39 is 5.91 Å². The van der Waals surface area contributed by atoms with Gasteiger partial charge >= 0.3 is 0 Å². The Morgan fingerprint density at radius 3 is 2.91 bits per heavy atom. The summed E-state index contributed by atoms with van der Waals surface area (Å²) in [5, 5.41) is 4.78. The van der Waals surface area contributed by atoms with Crippen molar-refractivity contribution in [1.82, 2.24) is 20.0 Å². The fourth-order valence-corrected chi connectivity index (χ4v) is 3.69. The third kappa shape index (κ3) is 3.42. The maximum Gasteiger partial charge on any atom is 0.290 e. The average molecular weight is 335 g/mol. The van der Waals surface area contributed by atoms with E-state index in [4.69, 9.17) is 10.3 Å². The number of likely N-dealkylation sites (tertiary alicyclic amines) is 1. The normalized spacial score (nSPS) is 19.3. The van der Waals surface area contributed by atoms with Gasteiger partial charge in [0.2, 0.25) is 5.89 Å². The van der Waals surface area contributed by atoms with Crippen molar-refractivity contribution in [3.63, 3.8) is 0 Å². The summed E-state index contributed by atoms with van der Waals surface area (Å²) in [7, 11) is 0. The standard InChI is InChI=1S/C15H21N5O2S/c1-15(2,3)14-17-7-9(23-14)8-20-6-4-5-10(20)13-18-12(11(16)21)19-22-13/h7,10H,4-6,8H2,1-3H3,(H2,16,21)/t10-/m0/s1. The maximum atomic E-state index is 11.1. The second-order valence-corrected chi connectivity index (χ2v) is 7.95. The molecular formula is C15H21N5O2S. The molecular weight excluding hydrogens is 314 g/mol. The van der Waals surface area contributed by atoms with E-state index in [9.17, 15) is 4.79 Å². The summed E-state index contributed by atoms with van der Waals surface area (Å²) in [5.74, 6) is -0.252. The van der Waals surface area contributed by atoms with Gasteiger partial charge in [-0.05, 0) is 19.4 Å². The molecule has 8 heteroatoms. The molecule has 1 aliphatic rings. The molecule has 1 atom stereocenters. The minimum atomic E-state index is -0.665. The van der Waals surface area contributed by atoms with Crippen LogP contribution in [0.15, 0.2) is 10.7 Å². The van der Waals surface area contributed by atoms with Crippen LogP contribution in [-0.2, 0) is 12.0 Å². The van der Waals surface area contributed by atoms with Crippen molar-refractivity contribution in [3.05, 3.63) is 27.8 Å². The van der Waals surface area contributed by atoms with Crippen LogP contribution in [0.4, 0.5) is 0 Å². The smallest absolute Gasteiger partial charge is 0.290 e. The molecule has 0 aromatic carbocycles. The summed E-state index contributed by atoms with van der Waals surface area (Å²) in [6, 6.07) is 0.0378. The van der Waals surface area contributed by atoms with E-state index in [2.05, 4.69) is 40.8 Å². The van der Waals surface area contributed by atoms with Gasteiger partial charge in [-0.25, -0.2) is 4.98 Å². The van der Waals surface area contributed by atoms with Gasteiger partial charge in [0.05, 0.1) is 11.0 Å². The number of carbonyl (C=O) groups is 1. The Kier molecular flexibility index (Phi) is 4.20. The van der Waals surface area contributed by atoms with Crippen LogP contribution in [0.5, 0.6) is 0 Å². The summed E-state index contributed by atoms with van der Waals surface area (Å²) >= 11 is 1.74. The maximum absolute atomic E-state index is 11.1. The minimum Gasteiger partial charge on any atom is -0.363 e. The molecule has 2 aromatic heterocycles. The first kappa shape index (κ1) is 16.1. The van der Waals surface area contributed by atoms with Gasteiger partial charge in [-0.3, -0.25) is 9.69 Å². The monoisotopic (exact) mass is 335 g/mol. The second kappa shape index (κ2) is 6.01. The first-order valence-corrected chi connectivity index (χ1v) is 8.49. The highest BCUT2D eigenvalue weighted by molar-refractivity contribution is 7.11. The Hall–Kier alpha value is -1.80. The van der Waals surface area contributed by atoms with Crippen molar-refractivity contribution in [3.8, 4) is 0 Å². The number of amides is 1. The van der Waals surface area contributed by atoms with Crippen molar-refractivity contribution < 1.29 is 9.32 Å². The van der Waals surface area contributed by atoms with Gasteiger partial charge in [0, 0.05) is 23.0 Å². The number of carbonyl (C=O) groups excluding carboxylic acids is 1. The van der Waals surface area contributed by atoms with E-state index in [1.807, 2.05) is 6.20 Å². The zero-order valence-electron chi connectivity index (χ0n) is 13.6. The van der Waals surface area contributed by atoms with Gasteiger partial charge in [0.15, 0.2) is 0 Å². The van der Waals surface area contributed by atoms with E-state index in [0.717, 1.165) is 30.9 Å². The van der Waals surface area contributed by atoms with Crippen molar-refractivity contribution in [1.29, 1.82) is 0 Å². The SMILES string of the molecule is CC(C)(C)c1ncc(CN2CCC[C@H]2c2nc(C(N)=O)no2)s1. The van der Waals surface area contributed by atoms with Gasteiger partial charge in [-0.2, -0.15) is 4.98 Å². The molecule has 1 aliphatic heterocycles. The Bertz CT molecular complexity index is 703. The molecule has 1 fully saturated rings. The molecule has 0 bridgehead atoms. The molecule has 1 saturated heterocycles. The lowest BCUT2D eigenvalue weighted by Crippen LogP contribution is -2.22. The number of thiazole rings is 1. The van der Waals surface area contributed by atoms with Crippen LogP contribution in [0.2, 0.25) is 0 Å². The number of rotatable bonds is 4. The third-order valence-corrected chi connectivity index (χ3v) is 5.27. The van der Waals surface area contributed by atoms with Gasteiger partial charge in [0.25, 0.3) is 11.7 Å². The fraction of sp³-hybridized carbons (Fsp3) is 0.600. The molecule has 0 radical (unpaired) electrons. The molecule has 23 heavy (non-hydrogen) atoms. The topological polar surface area (TPSA) is 98.1 Å². The average Bonchev–Trinajstić information content (AvgIpc) is 3.17.